The fraction of sp³-hybridized carbons (Fsp3) is 0.278. The van der Waals surface area contributed by atoms with E-state index < -0.39 is 0 Å². The Kier molecular flexibility index (Phi) is 8.23. The molecule has 10 aliphatic rings. The summed E-state index contributed by atoms with van der Waals surface area (Å²) < 4.78 is 0. The molecule has 0 atom stereocenters. The average molecular weight is 953 g/mol. The summed E-state index contributed by atoms with van der Waals surface area (Å²) in [6, 6.07) is 76.0. The number of para-hydroxylation sites is 2. The molecule has 0 radical (unpaired) electrons. The summed E-state index contributed by atoms with van der Waals surface area (Å²) in [5.74, 6) is 6.59. The van der Waals surface area contributed by atoms with Crippen molar-refractivity contribution in [2.24, 2.45) is 47.3 Å². The van der Waals surface area contributed by atoms with Crippen LogP contribution >= 0.6 is 0 Å². The molecule has 0 N–H and O–H groups in total. The highest BCUT2D eigenvalue weighted by Crippen LogP contribution is 2.72. The summed E-state index contributed by atoms with van der Waals surface area (Å²) in [6.45, 7) is 0. The molecule has 8 saturated carbocycles. The molecule has 0 saturated heterocycles. The van der Waals surface area contributed by atoms with Crippen LogP contribution in [0, 0.1) is 47.3 Å². The van der Waals surface area contributed by atoms with E-state index in [-0.39, 0.29) is 10.8 Å². The first kappa shape index (κ1) is 41.2. The van der Waals surface area contributed by atoms with Crippen LogP contribution in [0.4, 0.5) is 34.1 Å². The average Bonchev–Trinajstić information content (AvgIpc) is 4.06. The highest BCUT2D eigenvalue weighted by atomic mass is 15.2. The summed E-state index contributed by atoms with van der Waals surface area (Å²) in [5, 5.41) is 7.81. The third-order valence-electron chi connectivity index (χ3n) is 21.7. The van der Waals surface area contributed by atoms with E-state index in [1.54, 1.807) is 22.3 Å². The Morgan fingerprint density at radius 1 is 0.297 bits per heavy atom. The molecular formula is C72H60N2. The molecule has 8 bridgehead atoms. The molecule has 2 nitrogen and oxygen atoms in total. The van der Waals surface area contributed by atoms with E-state index in [2.05, 4.69) is 204 Å². The molecule has 0 amide bonds. The van der Waals surface area contributed by atoms with E-state index >= 15 is 0 Å². The van der Waals surface area contributed by atoms with Crippen molar-refractivity contribution >= 4 is 66.4 Å². The lowest BCUT2D eigenvalue weighted by Gasteiger charge is -2.61. The van der Waals surface area contributed by atoms with Gasteiger partial charge in [-0.15, -0.1) is 0 Å². The number of hydrogen-bond acceptors (Lipinski definition) is 2. The van der Waals surface area contributed by atoms with Gasteiger partial charge in [-0.25, -0.2) is 0 Å². The van der Waals surface area contributed by atoms with Gasteiger partial charge in [-0.2, -0.15) is 0 Å². The van der Waals surface area contributed by atoms with E-state index in [0.29, 0.717) is 11.8 Å². The Balaban J connectivity index is 0.833. The molecule has 0 aromatic heterocycles. The van der Waals surface area contributed by atoms with Crippen molar-refractivity contribution in [1.82, 2.24) is 0 Å². The topological polar surface area (TPSA) is 6.48 Å². The van der Waals surface area contributed by atoms with Crippen LogP contribution in [0.2, 0.25) is 0 Å². The van der Waals surface area contributed by atoms with Gasteiger partial charge < -0.3 is 9.80 Å². The molecule has 10 aromatic carbocycles. The molecule has 10 aromatic rings. The maximum Gasteiger partial charge on any atom is 0.0543 e. The van der Waals surface area contributed by atoms with E-state index in [0.717, 1.165) is 35.5 Å². The zero-order valence-electron chi connectivity index (χ0n) is 42.1. The fourth-order valence-electron chi connectivity index (χ4n) is 19.8. The quantitative estimate of drug-likeness (QED) is 0.153. The van der Waals surface area contributed by atoms with Gasteiger partial charge in [0, 0.05) is 44.2 Å². The predicted molar refractivity (Wildman–Crippen MR) is 306 cm³/mol. The Morgan fingerprint density at radius 3 is 1.32 bits per heavy atom. The molecule has 74 heavy (non-hydrogen) atoms. The molecule has 2 spiro atoms. The highest BCUT2D eigenvalue weighted by Gasteiger charge is 2.63. The second kappa shape index (κ2) is 14.8. The molecule has 0 aliphatic heterocycles. The van der Waals surface area contributed by atoms with E-state index in [9.17, 15) is 0 Å². The fourth-order valence-corrected chi connectivity index (χ4v) is 19.8. The molecule has 20 rings (SSSR count). The Bertz CT molecular complexity index is 3900. The maximum atomic E-state index is 2.63. The number of nitrogens with zero attached hydrogens (tertiary/aromatic N) is 2. The van der Waals surface area contributed by atoms with Crippen molar-refractivity contribution in [3.05, 3.63) is 216 Å². The predicted octanol–water partition coefficient (Wildman–Crippen LogP) is 19.0. The van der Waals surface area contributed by atoms with Crippen molar-refractivity contribution in [1.29, 1.82) is 0 Å². The normalized spacial score (nSPS) is 28.9. The van der Waals surface area contributed by atoms with Gasteiger partial charge in [-0.1, -0.05) is 140 Å². The molecule has 2 heteroatoms. The van der Waals surface area contributed by atoms with E-state index in [4.69, 9.17) is 0 Å². The molecule has 0 heterocycles. The van der Waals surface area contributed by atoms with Crippen molar-refractivity contribution < 1.29 is 0 Å². The molecule has 10 aliphatic carbocycles. The largest absolute Gasteiger partial charge is 0.310 e. The van der Waals surface area contributed by atoms with Crippen LogP contribution in [0.3, 0.4) is 0 Å². The Labute approximate surface area is 435 Å². The van der Waals surface area contributed by atoms with Gasteiger partial charge in [0.1, 0.15) is 0 Å². The van der Waals surface area contributed by atoms with Gasteiger partial charge in [0.05, 0.1) is 17.1 Å². The number of anilines is 6. The van der Waals surface area contributed by atoms with Crippen LogP contribution < -0.4 is 9.80 Å². The monoisotopic (exact) mass is 952 g/mol. The number of benzene rings is 10. The van der Waals surface area contributed by atoms with E-state index in [1.165, 1.54) is 153 Å². The van der Waals surface area contributed by atoms with Crippen LogP contribution in [-0.2, 0) is 10.8 Å². The zero-order valence-corrected chi connectivity index (χ0v) is 42.1. The van der Waals surface area contributed by atoms with Gasteiger partial charge in [0.2, 0.25) is 0 Å². The molecule has 358 valence electrons. The summed E-state index contributed by atoms with van der Waals surface area (Å²) in [4.78, 5) is 5.20. The zero-order chi connectivity index (χ0) is 48.0. The number of hydrogen-bond donors (Lipinski definition) is 0. The number of fused-ring (bicyclic) bond motifs is 6. The summed E-state index contributed by atoms with van der Waals surface area (Å²) >= 11 is 0. The van der Waals surface area contributed by atoms with Crippen LogP contribution in [0.25, 0.3) is 54.6 Å². The standard InChI is InChI=1S/C72H60N2/c1-3-12-53(13-4-1)73(55-26-29-63-60(42-55)56-16-7-9-18-61(56)71(63)49-34-43-32-44(36-49)37-50(71)35-43)65-30-24-47-23-28-59-66(31-25-48-22-27-58(65)68(47)69(48)59)74(54-14-5-2-6-15-54)67-21-11-20-64-70(67)57-17-8-10-19-62(57)72(64)51-38-45-33-46(40-51)41-52(72)39-45/h1-31,42-46,49-52H,32-41H2. The summed E-state index contributed by atoms with van der Waals surface area (Å²) in [5.41, 5.74) is 19.9. The molecule has 0 unspecified atom stereocenters. The van der Waals surface area contributed by atoms with Gasteiger partial charge in [0.25, 0.3) is 0 Å². The molecule has 8 fully saturated rings. The second-order valence-corrected chi connectivity index (χ2v) is 24.8. The summed E-state index contributed by atoms with van der Waals surface area (Å²) in [7, 11) is 0. The van der Waals surface area contributed by atoms with Gasteiger partial charge >= 0.3 is 0 Å². The van der Waals surface area contributed by atoms with Crippen molar-refractivity contribution in [2.45, 2.75) is 75.0 Å². The SMILES string of the molecule is c1ccc(N(c2ccc3c(c2)-c2ccccc2C32C3CC4CC(C3)CC2C4)c2ccc3ccc4c(N(c5ccccc5)c5cccc6c5-c5ccccc5C65C6CC7CC(C6)CC5C7)ccc5ccc2c3c54)cc1. The van der Waals surface area contributed by atoms with Crippen LogP contribution in [0.1, 0.15) is 86.5 Å². The Morgan fingerprint density at radius 2 is 0.743 bits per heavy atom. The lowest BCUT2D eigenvalue weighted by atomic mass is 9.43. The highest BCUT2D eigenvalue weighted by molar-refractivity contribution is 6.28. The first-order valence-electron chi connectivity index (χ1n) is 28.5. The third-order valence-corrected chi connectivity index (χ3v) is 21.7. The summed E-state index contributed by atoms with van der Waals surface area (Å²) in [6.07, 6.45) is 14.1. The smallest absolute Gasteiger partial charge is 0.0543 e. The molecular weight excluding hydrogens is 893 g/mol. The minimum Gasteiger partial charge on any atom is -0.310 e. The lowest BCUT2D eigenvalue weighted by Crippen LogP contribution is -2.55. The first-order chi connectivity index (χ1) is 36.6. The van der Waals surface area contributed by atoms with Gasteiger partial charge in [0.15, 0.2) is 0 Å². The van der Waals surface area contributed by atoms with Gasteiger partial charge in [-0.05, 0) is 227 Å². The van der Waals surface area contributed by atoms with Crippen LogP contribution in [0.15, 0.2) is 194 Å². The second-order valence-electron chi connectivity index (χ2n) is 24.8. The maximum absolute atomic E-state index is 2.63. The number of rotatable bonds is 6. The van der Waals surface area contributed by atoms with Crippen LogP contribution in [-0.4, -0.2) is 0 Å². The van der Waals surface area contributed by atoms with Gasteiger partial charge in [-0.3, -0.25) is 0 Å². The van der Waals surface area contributed by atoms with Crippen LogP contribution in [0.5, 0.6) is 0 Å². The Hall–Kier alpha value is -7.16. The lowest BCUT2D eigenvalue weighted by molar-refractivity contribution is -0.0399. The van der Waals surface area contributed by atoms with Crippen molar-refractivity contribution in [2.75, 3.05) is 9.80 Å². The third kappa shape index (κ3) is 5.18. The van der Waals surface area contributed by atoms with Crippen molar-refractivity contribution in [3.63, 3.8) is 0 Å². The minimum absolute atomic E-state index is 0.0974. The minimum atomic E-state index is 0.0974. The van der Waals surface area contributed by atoms with E-state index in [1.807, 2.05) is 0 Å². The first-order valence-corrected chi connectivity index (χ1v) is 28.5. The van der Waals surface area contributed by atoms with Crippen molar-refractivity contribution in [3.8, 4) is 22.3 Å².